The summed E-state index contributed by atoms with van der Waals surface area (Å²) in [5, 5.41) is 6.96. The predicted molar refractivity (Wildman–Crippen MR) is 87.1 cm³/mol. The lowest BCUT2D eigenvalue weighted by molar-refractivity contribution is 0.887. The topological polar surface area (TPSA) is 75.1 Å². The van der Waals surface area contributed by atoms with E-state index in [0.717, 1.165) is 5.56 Å². The van der Waals surface area contributed by atoms with Gasteiger partial charge >= 0.3 is 0 Å². The first kappa shape index (κ1) is 15.1. The molecule has 2 heterocycles. The molecule has 0 amide bonds. The Morgan fingerprint density at radius 2 is 1.91 bits per heavy atom. The molecule has 0 fully saturated rings. The number of benzene rings is 1. The number of hydrogen-bond acceptors (Lipinski definition) is 4. The highest BCUT2D eigenvalue weighted by molar-refractivity contribution is 6.36. The molecule has 6 nitrogen and oxygen atoms in total. The van der Waals surface area contributed by atoms with Crippen LogP contribution in [0.25, 0.3) is 5.78 Å². The zero-order valence-corrected chi connectivity index (χ0v) is 13.6. The average Bonchev–Trinajstić information content (AvgIpc) is 2.87. The lowest BCUT2D eigenvalue weighted by atomic mass is 10.2. The van der Waals surface area contributed by atoms with E-state index in [1.165, 1.54) is 4.52 Å². The van der Waals surface area contributed by atoms with E-state index >= 15 is 0 Å². The third-order valence-corrected chi connectivity index (χ3v) is 4.24. The van der Waals surface area contributed by atoms with Gasteiger partial charge in [0.05, 0.1) is 5.69 Å². The second kappa shape index (κ2) is 5.79. The first-order valence-corrected chi connectivity index (χ1v) is 7.42. The monoisotopic (exact) mass is 357 g/mol. The Morgan fingerprint density at radius 3 is 2.59 bits per heavy atom. The number of nitrogens with zero attached hydrogens (tertiary/aromatic N) is 3. The van der Waals surface area contributed by atoms with Gasteiger partial charge in [-0.05, 0) is 19.1 Å². The maximum atomic E-state index is 12.0. The van der Waals surface area contributed by atoms with Gasteiger partial charge in [0.25, 0.3) is 11.3 Å². The summed E-state index contributed by atoms with van der Waals surface area (Å²) in [6.07, 6.45) is 0. The highest BCUT2D eigenvalue weighted by Gasteiger charge is 2.12. The number of aryl methyl sites for hydroxylation is 1. The Balaban J connectivity index is 1.92. The third kappa shape index (κ3) is 2.65. The fourth-order valence-corrected chi connectivity index (χ4v) is 2.61. The number of nitrogens with one attached hydrogen (secondary N) is 2. The summed E-state index contributed by atoms with van der Waals surface area (Å²) in [6, 6.07) is 5.26. The predicted octanol–water partition coefficient (Wildman–Crippen LogP) is 3.30. The number of fused-ring (bicyclic) bond motifs is 1. The lowest BCUT2D eigenvalue weighted by Gasteiger charge is -2.07. The third-order valence-electron chi connectivity index (χ3n) is 3.10. The van der Waals surface area contributed by atoms with Crippen molar-refractivity contribution in [3.8, 4) is 0 Å². The summed E-state index contributed by atoms with van der Waals surface area (Å²) in [5.41, 5.74) is 0.764. The minimum Gasteiger partial charge on any atom is -0.350 e. The number of halogens is 3. The molecule has 22 heavy (non-hydrogen) atoms. The number of anilines is 1. The normalized spacial score (nSPS) is 11.1. The van der Waals surface area contributed by atoms with Gasteiger partial charge in [0, 0.05) is 22.2 Å². The molecule has 0 unspecified atom stereocenters. The van der Waals surface area contributed by atoms with E-state index in [1.807, 2.05) is 0 Å². The van der Waals surface area contributed by atoms with E-state index in [-0.39, 0.29) is 10.8 Å². The Morgan fingerprint density at radius 1 is 1.23 bits per heavy atom. The second-order valence-electron chi connectivity index (χ2n) is 4.58. The first-order chi connectivity index (χ1) is 10.5. The molecule has 0 radical (unpaired) electrons. The number of aromatic nitrogens is 4. The van der Waals surface area contributed by atoms with Gasteiger partial charge < -0.3 is 5.32 Å². The van der Waals surface area contributed by atoms with Gasteiger partial charge in [-0.3, -0.25) is 9.89 Å². The molecule has 2 N–H and O–H groups in total. The van der Waals surface area contributed by atoms with Crippen LogP contribution in [0.15, 0.2) is 23.0 Å². The first-order valence-electron chi connectivity index (χ1n) is 6.29. The molecule has 0 saturated carbocycles. The van der Waals surface area contributed by atoms with Gasteiger partial charge in [-0.15, -0.1) is 0 Å². The van der Waals surface area contributed by atoms with Crippen LogP contribution in [0.1, 0.15) is 11.3 Å². The molecular formula is C13H10Cl3N5O. The smallest absolute Gasteiger partial charge is 0.293 e. The largest absolute Gasteiger partial charge is 0.350 e. The molecule has 9 heteroatoms. The van der Waals surface area contributed by atoms with Crippen molar-refractivity contribution in [1.29, 1.82) is 0 Å². The van der Waals surface area contributed by atoms with E-state index in [0.29, 0.717) is 28.2 Å². The summed E-state index contributed by atoms with van der Waals surface area (Å²) in [7, 11) is 0. The molecule has 0 spiro atoms. The van der Waals surface area contributed by atoms with Crippen molar-refractivity contribution in [2.24, 2.45) is 0 Å². The fraction of sp³-hybridized carbons (Fsp3) is 0.154. The molecule has 2 aromatic heterocycles. The maximum absolute atomic E-state index is 12.0. The van der Waals surface area contributed by atoms with Gasteiger partial charge in [-0.1, -0.05) is 40.9 Å². The van der Waals surface area contributed by atoms with Crippen LogP contribution in [-0.4, -0.2) is 19.6 Å². The molecular weight excluding hydrogens is 349 g/mol. The second-order valence-corrected chi connectivity index (χ2v) is 5.77. The maximum Gasteiger partial charge on any atom is 0.293 e. The number of rotatable bonds is 3. The van der Waals surface area contributed by atoms with Crippen molar-refractivity contribution < 1.29 is 0 Å². The van der Waals surface area contributed by atoms with Gasteiger partial charge in [0.2, 0.25) is 5.95 Å². The number of H-pyrrole nitrogens is 1. The SMILES string of the molecule is Cc1nc2nc(NCc3c(Cl)cccc3Cl)[nH]n2c(=O)c1Cl. The Labute approximate surface area is 140 Å². The highest BCUT2D eigenvalue weighted by Crippen LogP contribution is 2.24. The summed E-state index contributed by atoms with van der Waals surface area (Å²) in [4.78, 5) is 20.3. The van der Waals surface area contributed by atoms with Crippen LogP contribution in [0.3, 0.4) is 0 Å². The Bertz CT molecular complexity index is 898. The van der Waals surface area contributed by atoms with Crippen LogP contribution in [0.2, 0.25) is 15.1 Å². The Kier molecular flexibility index (Phi) is 3.99. The van der Waals surface area contributed by atoms with E-state index in [1.54, 1.807) is 25.1 Å². The van der Waals surface area contributed by atoms with Crippen molar-refractivity contribution in [2.75, 3.05) is 5.32 Å². The van der Waals surface area contributed by atoms with Crippen molar-refractivity contribution in [3.05, 3.63) is 54.9 Å². The van der Waals surface area contributed by atoms with E-state index in [2.05, 4.69) is 20.4 Å². The lowest BCUT2D eigenvalue weighted by Crippen LogP contribution is -2.17. The van der Waals surface area contributed by atoms with Crippen molar-refractivity contribution in [2.45, 2.75) is 13.5 Å². The number of aromatic amines is 1. The highest BCUT2D eigenvalue weighted by atomic mass is 35.5. The molecule has 0 atom stereocenters. The van der Waals surface area contributed by atoms with Gasteiger partial charge in [-0.25, -0.2) is 4.98 Å². The molecule has 0 aliphatic carbocycles. The molecule has 3 rings (SSSR count). The minimum atomic E-state index is -0.402. The molecule has 114 valence electrons. The summed E-state index contributed by atoms with van der Waals surface area (Å²) < 4.78 is 1.17. The molecule has 0 saturated heterocycles. The fourth-order valence-electron chi connectivity index (χ4n) is 1.95. The zero-order chi connectivity index (χ0) is 15.9. The molecule has 1 aromatic carbocycles. The Hall–Kier alpha value is -1.76. The number of hydrogen-bond donors (Lipinski definition) is 2. The van der Waals surface area contributed by atoms with Crippen LogP contribution < -0.4 is 10.9 Å². The van der Waals surface area contributed by atoms with Crippen LogP contribution >= 0.6 is 34.8 Å². The van der Waals surface area contributed by atoms with Gasteiger partial charge in [-0.2, -0.15) is 9.50 Å². The molecule has 0 aliphatic heterocycles. The van der Waals surface area contributed by atoms with E-state index in [9.17, 15) is 4.79 Å². The standard InChI is InChI=1S/C13H10Cl3N5O/c1-6-10(16)11(22)21-13(18-6)19-12(20-21)17-5-7-8(14)3-2-4-9(7)15/h2-4H,5H2,1H3,(H2,17,18,19,20). The van der Waals surface area contributed by atoms with Gasteiger partial charge in [0.15, 0.2) is 0 Å². The minimum absolute atomic E-state index is 0.0573. The van der Waals surface area contributed by atoms with Gasteiger partial charge in [0.1, 0.15) is 5.02 Å². The van der Waals surface area contributed by atoms with Crippen LogP contribution in [-0.2, 0) is 6.54 Å². The van der Waals surface area contributed by atoms with E-state index in [4.69, 9.17) is 34.8 Å². The summed E-state index contributed by atoms with van der Waals surface area (Å²) in [5.74, 6) is 0.599. The van der Waals surface area contributed by atoms with Crippen LogP contribution in [0.4, 0.5) is 5.95 Å². The molecule has 3 aromatic rings. The summed E-state index contributed by atoms with van der Waals surface area (Å²) >= 11 is 18.1. The zero-order valence-electron chi connectivity index (χ0n) is 11.3. The van der Waals surface area contributed by atoms with Crippen LogP contribution in [0, 0.1) is 6.92 Å². The van der Waals surface area contributed by atoms with Crippen molar-refractivity contribution in [1.82, 2.24) is 19.6 Å². The van der Waals surface area contributed by atoms with Crippen molar-refractivity contribution >= 4 is 46.5 Å². The van der Waals surface area contributed by atoms with Crippen molar-refractivity contribution in [3.63, 3.8) is 0 Å². The molecule has 0 bridgehead atoms. The molecule has 0 aliphatic rings. The summed E-state index contributed by atoms with van der Waals surface area (Å²) in [6.45, 7) is 1.99. The van der Waals surface area contributed by atoms with E-state index < -0.39 is 5.56 Å². The quantitative estimate of drug-likeness (QED) is 0.753. The van der Waals surface area contributed by atoms with Crippen LogP contribution in [0.5, 0.6) is 0 Å². The average molecular weight is 359 g/mol.